The van der Waals surface area contributed by atoms with Crippen molar-refractivity contribution in [2.75, 3.05) is 5.32 Å². The molecule has 0 saturated carbocycles. The van der Waals surface area contributed by atoms with Crippen molar-refractivity contribution < 1.29 is 13.2 Å². The maximum atomic E-state index is 13.2. The number of rotatable bonds is 3. The van der Waals surface area contributed by atoms with Gasteiger partial charge in [-0.15, -0.1) is 11.3 Å². The molecule has 3 nitrogen and oxygen atoms in total. The van der Waals surface area contributed by atoms with Crippen molar-refractivity contribution in [2.45, 2.75) is 0 Å². The van der Waals surface area contributed by atoms with Crippen LogP contribution in [0.4, 0.5) is 24.0 Å². The van der Waals surface area contributed by atoms with Gasteiger partial charge in [0, 0.05) is 10.9 Å². The normalized spacial score (nSPS) is 10.7. The Labute approximate surface area is 132 Å². The molecule has 0 unspecified atom stereocenters. The Hall–Kier alpha value is -2.12. The molecule has 0 atom stereocenters. The van der Waals surface area contributed by atoms with Crippen LogP contribution in [-0.2, 0) is 0 Å². The molecule has 0 spiro atoms. The molecule has 1 N–H and O–H groups in total. The van der Waals surface area contributed by atoms with Gasteiger partial charge in [-0.25, -0.2) is 23.1 Å². The number of thiazole rings is 1. The van der Waals surface area contributed by atoms with E-state index in [4.69, 9.17) is 11.6 Å². The van der Waals surface area contributed by atoms with Gasteiger partial charge < -0.3 is 5.32 Å². The molecule has 8 heteroatoms. The van der Waals surface area contributed by atoms with Crippen molar-refractivity contribution in [1.82, 2.24) is 9.97 Å². The van der Waals surface area contributed by atoms with Gasteiger partial charge in [0.15, 0.2) is 22.6 Å². The zero-order chi connectivity index (χ0) is 15.7. The minimum atomic E-state index is -1.50. The van der Waals surface area contributed by atoms with E-state index in [1.807, 2.05) is 0 Å². The molecule has 0 bridgehead atoms. The highest BCUT2D eigenvalue weighted by Gasteiger charge is 2.13. The summed E-state index contributed by atoms with van der Waals surface area (Å²) in [5.41, 5.74) is 1.17. The van der Waals surface area contributed by atoms with Crippen molar-refractivity contribution in [3.05, 3.63) is 58.4 Å². The SMILES string of the molecule is Fc1cc(-c2csc(Nc3ccc(Cl)nc3)n2)cc(F)c1F. The van der Waals surface area contributed by atoms with Gasteiger partial charge in [0.2, 0.25) is 0 Å². The van der Waals surface area contributed by atoms with Crippen molar-refractivity contribution in [3.8, 4) is 11.3 Å². The van der Waals surface area contributed by atoms with E-state index in [0.717, 1.165) is 12.1 Å². The smallest absolute Gasteiger partial charge is 0.194 e. The summed E-state index contributed by atoms with van der Waals surface area (Å²) < 4.78 is 39.4. The molecular weight excluding hydrogens is 335 g/mol. The number of nitrogens with zero attached hydrogens (tertiary/aromatic N) is 2. The minimum absolute atomic E-state index is 0.162. The van der Waals surface area contributed by atoms with Crippen LogP contribution in [0.5, 0.6) is 0 Å². The fourth-order valence-electron chi connectivity index (χ4n) is 1.74. The lowest BCUT2D eigenvalue weighted by atomic mass is 10.1. The molecule has 0 amide bonds. The number of benzene rings is 1. The second kappa shape index (κ2) is 5.94. The average Bonchev–Trinajstić information content (AvgIpc) is 2.95. The van der Waals surface area contributed by atoms with Gasteiger partial charge in [-0.3, -0.25) is 0 Å². The van der Waals surface area contributed by atoms with E-state index in [-0.39, 0.29) is 5.56 Å². The van der Waals surface area contributed by atoms with Crippen molar-refractivity contribution in [2.24, 2.45) is 0 Å². The summed E-state index contributed by atoms with van der Waals surface area (Å²) >= 11 is 6.93. The minimum Gasteiger partial charge on any atom is -0.330 e. The Balaban J connectivity index is 1.86. The van der Waals surface area contributed by atoms with E-state index in [9.17, 15) is 13.2 Å². The van der Waals surface area contributed by atoms with Gasteiger partial charge in [-0.05, 0) is 24.3 Å². The van der Waals surface area contributed by atoms with E-state index in [0.29, 0.717) is 21.7 Å². The summed E-state index contributed by atoms with van der Waals surface area (Å²) in [6.45, 7) is 0. The summed E-state index contributed by atoms with van der Waals surface area (Å²) in [7, 11) is 0. The fraction of sp³-hybridized carbons (Fsp3) is 0. The number of nitrogens with one attached hydrogen (secondary N) is 1. The highest BCUT2D eigenvalue weighted by atomic mass is 35.5. The molecule has 2 aromatic heterocycles. The molecule has 0 aliphatic rings. The molecule has 3 rings (SSSR count). The third-order valence-corrected chi connectivity index (χ3v) is 3.74. The second-order valence-electron chi connectivity index (χ2n) is 4.29. The third-order valence-electron chi connectivity index (χ3n) is 2.76. The van der Waals surface area contributed by atoms with Gasteiger partial charge in [-0.2, -0.15) is 0 Å². The lowest BCUT2D eigenvalue weighted by Gasteiger charge is -2.02. The monoisotopic (exact) mass is 341 g/mol. The maximum absolute atomic E-state index is 13.2. The Morgan fingerprint density at radius 3 is 2.45 bits per heavy atom. The zero-order valence-electron chi connectivity index (χ0n) is 10.8. The number of anilines is 2. The van der Waals surface area contributed by atoms with Crippen LogP contribution >= 0.6 is 22.9 Å². The van der Waals surface area contributed by atoms with Crippen LogP contribution in [0.25, 0.3) is 11.3 Å². The zero-order valence-corrected chi connectivity index (χ0v) is 12.4. The predicted octanol–water partition coefficient (Wildman–Crippen LogP) is 5.02. The fourth-order valence-corrected chi connectivity index (χ4v) is 2.59. The summed E-state index contributed by atoms with van der Waals surface area (Å²) in [6, 6.07) is 5.14. The first-order valence-corrected chi connectivity index (χ1v) is 7.28. The molecule has 0 aliphatic heterocycles. The standard InChI is InChI=1S/C14H7ClF3N3S/c15-12-2-1-8(5-19-12)20-14-21-11(6-22-14)7-3-9(16)13(18)10(17)4-7/h1-6H,(H,20,21). The summed E-state index contributed by atoms with van der Waals surface area (Å²) in [6.07, 6.45) is 1.53. The van der Waals surface area contributed by atoms with E-state index < -0.39 is 17.5 Å². The molecule has 2 heterocycles. The Bertz CT molecular complexity index is 797. The Morgan fingerprint density at radius 2 is 1.82 bits per heavy atom. The molecule has 3 aromatic rings. The van der Waals surface area contributed by atoms with Gasteiger partial charge in [0.25, 0.3) is 0 Å². The highest BCUT2D eigenvalue weighted by molar-refractivity contribution is 7.14. The van der Waals surface area contributed by atoms with Crippen molar-refractivity contribution in [1.29, 1.82) is 0 Å². The van der Waals surface area contributed by atoms with Gasteiger partial charge >= 0.3 is 0 Å². The van der Waals surface area contributed by atoms with Crippen LogP contribution in [0.15, 0.2) is 35.8 Å². The van der Waals surface area contributed by atoms with Crippen LogP contribution in [0.2, 0.25) is 5.15 Å². The number of hydrogen-bond donors (Lipinski definition) is 1. The number of pyridine rings is 1. The second-order valence-corrected chi connectivity index (χ2v) is 5.53. The molecule has 0 aliphatic carbocycles. The quantitative estimate of drug-likeness (QED) is 0.537. The first-order chi connectivity index (χ1) is 10.5. The van der Waals surface area contributed by atoms with Gasteiger partial charge in [0.05, 0.1) is 17.6 Å². The number of hydrogen-bond acceptors (Lipinski definition) is 4. The average molecular weight is 342 g/mol. The number of halogens is 4. The van der Waals surface area contributed by atoms with Crippen LogP contribution in [0.1, 0.15) is 0 Å². The third kappa shape index (κ3) is 3.05. The van der Waals surface area contributed by atoms with Gasteiger partial charge in [-0.1, -0.05) is 11.6 Å². The molecule has 22 heavy (non-hydrogen) atoms. The largest absolute Gasteiger partial charge is 0.330 e. The highest BCUT2D eigenvalue weighted by Crippen LogP contribution is 2.29. The molecule has 1 aromatic carbocycles. The lowest BCUT2D eigenvalue weighted by molar-refractivity contribution is 0.447. The maximum Gasteiger partial charge on any atom is 0.194 e. The van der Waals surface area contributed by atoms with E-state index >= 15 is 0 Å². The van der Waals surface area contributed by atoms with Crippen LogP contribution < -0.4 is 5.32 Å². The van der Waals surface area contributed by atoms with Crippen molar-refractivity contribution >= 4 is 33.8 Å². The lowest BCUT2D eigenvalue weighted by Crippen LogP contribution is -1.93. The molecule has 0 radical (unpaired) electrons. The summed E-state index contributed by atoms with van der Waals surface area (Å²) in [5.74, 6) is -4.00. The van der Waals surface area contributed by atoms with Crippen LogP contribution in [-0.4, -0.2) is 9.97 Å². The van der Waals surface area contributed by atoms with Crippen LogP contribution in [0.3, 0.4) is 0 Å². The van der Waals surface area contributed by atoms with E-state index in [1.165, 1.54) is 17.5 Å². The van der Waals surface area contributed by atoms with Crippen LogP contribution in [0, 0.1) is 17.5 Å². The molecule has 112 valence electrons. The Kier molecular flexibility index (Phi) is 4.00. The van der Waals surface area contributed by atoms with E-state index in [2.05, 4.69) is 15.3 Å². The number of aromatic nitrogens is 2. The summed E-state index contributed by atoms with van der Waals surface area (Å²) in [4.78, 5) is 8.11. The van der Waals surface area contributed by atoms with Gasteiger partial charge in [0.1, 0.15) is 5.15 Å². The molecule has 0 fully saturated rings. The Morgan fingerprint density at radius 1 is 1.09 bits per heavy atom. The topological polar surface area (TPSA) is 37.8 Å². The predicted molar refractivity (Wildman–Crippen MR) is 80.0 cm³/mol. The first-order valence-electron chi connectivity index (χ1n) is 6.02. The van der Waals surface area contributed by atoms with E-state index in [1.54, 1.807) is 17.5 Å². The van der Waals surface area contributed by atoms with Crippen molar-refractivity contribution in [3.63, 3.8) is 0 Å². The summed E-state index contributed by atoms with van der Waals surface area (Å²) in [5, 5.41) is 5.46. The molecule has 0 saturated heterocycles. The molecular formula is C14H7ClF3N3S. The first kappa shape index (κ1) is 14.8.